The normalized spacial score (nSPS) is 15.0. The molecule has 1 aliphatic heterocycles. The summed E-state index contributed by atoms with van der Waals surface area (Å²) in [6.45, 7) is 5.35. The summed E-state index contributed by atoms with van der Waals surface area (Å²) >= 11 is 13.9. The van der Waals surface area contributed by atoms with Crippen molar-refractivity contribution in [3.63, 3.8) is 0 Å². The van der Waals surface area contributed by atoms with Crippen molar-refractivity contribution >= 4 is 80.1 Å². The third kappa shape index (κ3) is 5.17. The van der Waals surface area contributed by atoms with Crippen LogP contribution in [0.15, 0.2) is 29.2 Å². The van der Waals surface area contributed by atoms with Crippen molar-refractivity contribution in [3.05, 3.63) is 55.8 Å². The van der Waals surface area contributed by atoms with E-state index in [1.807, 2.05) is 13.0 Å². The number of nitrogens with zero attached hydrogens (tertiary/aromatic N) is 1. The maximum atomic E-state index is 12.8. The third-order valence-corrected chi connectivity index (χ3v) is 7.33. The smallest absolute Gasteiger partial charge is 0.341 e. The van der Waals surface area contributed by atoms with Crippen molar-refractivity contribution in [1.29, 1.82) is 0 Å². The number of nitrogens with one attached hydrogen (secondary N) is 1. The number of aryl methyl sites for hydroxylation is 1. The zero-order chi connectivity index (χ0) is 22.7. The highest BCUT2D eigenvalue weighted by Crippen LogP contribution is 2.35. The molecule has 0 spiro atoms. The molecule has 2 heterocycles. The van der Waals surface area contributed by atoms with Crippen LogP contribution in [0.5, 0.6) is 0 Å². The number of anilines is 1. The van der Waals surface area contributed by atoms with Crippen LogP contribution < -0.4 is 5.32 Å². The number of hydrogen-bond acceptors (Lipinski definition) is 7. The molecular weight excluding hydrogens is 476 g/mol. The Labute approximate surface area is 198 Å². The van der Waals surface area contributed by atoms with E-state index >= 15 is 0 Å². The number of thiocarbonyl (C=S) groups is 1. The molecule has 0 unspecified atom stereocenters. The predicted octanol–water partition coefficient (Wildman–Crippen LogP) is 5.03. The van der Waals surface area contributed by atoms with E-state index in [1.165, 1.54) is 16.2 Å². The van der Waals surface area contributed by atoms with Gasteiger partial charge < -0.3 is 10.1 Å². The maximum Gasteiger partial charge on any atom is 0.341 e. The highest BCUT2D eigenvalue weighted by Gasteiger charge is 2.34. The summed E-state index contributed by atoms with van der Waals surface area (Å²) in [5, 5.41) is 3.64. The van der Waals surface area contributed by atoms with E-state index in [2.05, 4.69) is 5.32 Å². The lowest BCUT2D eigenvalue weighted by atomic mass is 10.1. The highest BCUT2D eigenvalue weighted by atomic mass is 35.5. The lowest BCUT2D eigenvalue weighted by Gasteiger charge is -2.14. The van der Waals surface area contributed by atoms with Crippen LogP contribution in [0.2, 0.25) is 5.02 Å². The maximum absolute atomic E-state index is 12.8. The van der Waals surface area contributed by atoms with Gasteiger partial charge in [0.15, 0.2) is 0 Å². The van der Waals surface area contributed by atoms with Crippen LogP contribution in [-0.2, 0) is 14.3 Å². The van der Waals surface area contributed by atoms with Gasteiger partial charge in [-0.3, -0.25) is 14.5 Å². The van der Waals surface area contributed by atoms with Crippen LogP contribution in [0.4, 0.5) is 5.00 Å². The molecule has 0 bridgehead atoms. The van der Waals surface area contributed by atoms with Crippen LogP contribution in [0.1, 0.15) is 33.3 Å². The molecule has 2 aromatic rings. The van der Waals surface area contributed by atoms with E-state index in [4.69, 9.17) is 28.6 Å². The first kappa shape index (κ1) is 23.5. The molecular formula is C21H19ClN2O4S3. The standard InChI is InChI=1S/C21H19ClN2O4S3/c1-4-28-20(27)17-11(2)12(3)30-18(17)23-16(25)10-24-19(26)15(31-21(24)29)9-13-7-5-6-8-14(13)22/h5-9H,4,10H2,1-3H3,(H,23,25)/b15-9+. The Morgan fingerprint density at radius 2 is 2.00 bits per heavy atom. The van der Waals surface area contributed by atoms with Gasteiger partial charge in [0.2, 0.25) is 5.91 Å². The Bertz CT molecular complexity index is 1110. The van der Waals surface area contributed by atoms with Crippen molar-refractivity contribution in [2.24, 2.45) is 0 Å². The van der Waals surface area contributed by atoms with Gasteiger partial charge in [-0.05, 0) is 44.0 Å². The van der Waals surface area contributed by atoms with E-state index in [-0.39, 0.29) is 23.4 Å². The molecule has 31 heavy (non-hydrogen) atoms. The second-order valence-electron chi connectivity index (χ2n) is 6.55. The minimum Gasteiger partial charge on any atom is -0.462 e. The van der Waals surface area contributed by atoms with Crippen LogP contribution >= 0.6 is 46.9 Å². The van der Waals surface area contributed by atoms with Crippen LogP contribution in [-0.4, -0.2) is 40.2 Å². The molecule has 1 aliphatic rings. The minimum absolute atomic E-state index is 0.231. The van der Waals surface area contributed by atoms with Gasteiger partial charge in [0, 0.05) is 9.90 Å². The molecule has 10 heteroatoms. The van der Waals surface area contributed by atoms with E-state index in [9.17, 15) is 14.4 Å². The molecule has 1 fully saturated rings. The zero-order valence-electron chi connectivity index (χ0n) is 17.0. The van der Waals surface area contributed by atoms with Crippen molar-refractivity contribution < 1.29 is 19.1 Å². The fraction of sp³-hybridized carbons (Fsp3) is 0.238. The number of rotatable bonds is 6. The molecule has 162 valence electrons. The number of ether oxygens (including phenoxy) is 1. The molecule has 1 saturated heterocycles. The fourth-order valence-corrected chi connectivity index (χ4v) is 5.34. The number of amides is 2. The number of hydrogen-bond donors (Lipinski definition) is 1. The van der Waals surface area contributed by atoms with Crippen molar-refractivity contribution in [1.82, 2.24) is 4.90 Å². The number of halogens is 1. The van der Waals surface area contributed by atoms with Gasteiger partial charge in [-0.2, -0.15) is 0 Å². The first-order chi connectivity index (χ1) is 14.7. The first-order valence-corrected chi connectivity index (χ1v) is 11.7. The molecule has 1 aromatic heterocycles. The Balaban J connectivity index is 1.75. The van der Waals surface area contributed by atoms with Crippen LogP contribution in [0.25, 0.3) is 6.08 Å². The van der Waals surface area contributed by atoms with Crippen molar-refractivity contribution in [3.8, 4) is 0 Å². The minimum atomic E-state index is -0.493. The SMILES string of the molecule is CCOC(=O)c1c(NC(=O)CN2C(=O)/C(=C\c3ccccc3Cl)SC2=S)sc(C)c1C. The fourth-order valence-electron chi connectivity index (χ4n) is 2.84. The summed E-state index contributed by atoms with van der Waals surface area (Å²) in [5.41, 5.74) is 1.78. The van der Waals surface area contributed by atoms with Crippen molar-refractivity contribution in [2.45, 2.75) is 20.8 Å². The van der Waals surface area contributed by atoms with E-state index in [1.54, 1.807) is 38.1 Å². The number of benzene rings is 1. The number of carbonyl (C=O) groups is 3. The number of esters is 1. The van der Waals surface area contributed by atoms with Crippen LogP contribution in [0, 0.1) is 13.8 Å². The summed E-state index contributed by atoms with van der Waals surface area (Å²) in [7, 11) is 0. The van der Waals surface area contributed by atoms with E-state index < -0.39 is 11.9 Å². The summed E-state index contributed by atoms with van der Waals surface area (Å²) in [5.74, 6) is -1.32. The number of carbonyl (C=O) groups excluding carboxylic acids is 3. The van der Waals surface area contributed by atoms with Crippen molar-refractivity contribution in [2.75, 3.05) is 18.5 Å². The van der Waals surface area contributed by atoms with Gasteiger partial charge >= 0.3 is 5.97 Å². The number of thiophene rings is 1. The van der Waals surface area contributed by atoms with Gasteiger partial charge in [-0.1, -0.05) is 53.8 Å². The molecule has 0 atom stereocenters. The summed E-state index contributed by atoms with van der Waals surface area (Å²) in [6, 6.07) is 7.14. The number of thioether (sulfide) groups is 1. The Kier molecular flexibility index (Phi) is 7.53. The van der Waals surface area contributed by atoms with Gasteiger partial charge in [0.1, 0.15) is 15.9 Å². The second kappa shape index (κ2) is 9.95. The predicted molar refractivity (Wildman–Crippen MR) is 130 cm³/mol. The van der Waals surface area contributed by atoms with E-state index in [0.29, 0.717) is 26.1 Å². The summed E-state index contributed by atoms with van der Waals surface area (Å²) in [4.78, 5) is 40.3. The van der Waals surface area contributed by atoms with Gasteiger partial charge in [0.05, 0.1) is 17.1 Å². The third-order valence-electron chi connectivity index (χ3n) is 4.48. The molecule has 3 rings (SSSR count). The molecule has 6 nitrogen and oxygen atoms in total. The van der Waals surface area contributed by atoms with Gasteiger partial charge in [-0.25, -0.2) is 4.79 Å². The molecule has 0 aliphatic carbocycles. The summed E-state index contributed by atoms with van der Waals surface area (Å²) in [6.07, 6.45) is 1.66. The Hall–Kier alpha value is -2.20. The quantitative estimate of drug-likeness (QED) is 0.344. The second-order valence-corrected chi connectivity index (χ2v) is 9.85. The molecule has 0 radical (unpaired) electrons. The first-order valence-electron chi connectivity index (χ1n) is 9.29. The van der Waals surface area contributed by atoms with Gasteiger partial charge in [-0.15, -0.1) is 11.3 Å². The highest BCUT2D eigenvalue weighted by molar-refractivity contribution is 8.26. The zero-order valence-corrected chi connectivity index (χ0v) is 20.2. The Morgan fingerprint density at radius 3 is 2.68 bits per heavy atom. The Morgan fingerprint density at radius 1 is 1.29 bits per heavy atom. The van der Waals surface area contributed by atoms with Crippen LogP contribution in [0.3, 0.4) is 0 Å². The molecule has 2 amide bonds. The molecule has 1 N–H and O–H groups in total. The monoisotopic (exact) mass is 494 g/mol. The topological polar surface area (TPSA) is 75.7 Å². The average Bonchev–Trinajstić information content (AvgIpc) is 3.13. The lowest BCUT2D eigenvalue weighted by Crippen LogP contribution is -2.36. The largest absolute Gasteiger partial charge is 0.462 e. The van der Waals surface area contributed by atoms with E-state index in [0.717, 1.165) is 22.2 Å². The average molecular weight is 495 g/mol. The lowest BCUT2D eigenvalue weighted by molar-refractivity contribution is -0.126. The van der Waals surface area contributed by atoms with Gasteiger partial charge in [0.25, 0.3) is 5.91 Å². The molecule has 1 aromatic carbocycles. The molecule has 0 saturated carbocycles. The summed E-state index contributed by atoms with van der Waals surface area (Å²) < 4.78 is 5.38.